The van der Waals surface area contributed by atoms with E-state index in [2.05, 4.69) is 34.4 Å². The van der Waals surface area contributed by atoms with Gasteiger partial charge in [0.05, 0.1) is 5.56 Å². The number of pyridine rings is 1. The quantitative estimate of drug-likeness (QED) is 0.705. The largest absolute Gasteiger partial charge is 1.00 e. The number of rotatable bonds is 4. The second-order valence-electron chi connectivity index (χ2n) is 4.42. The van der Waals surface area contributed by atoms with Crippen molar-refractivity contribution in [3.8, 4) is 0 Å². The van der Waals surface area contributed by atoms with E-state index in [0.717, 1.165) is 24.2 Å². The first-order chi connectivity index (χ1) is 8.70. The molecule has 0 spiro atoms. The zero-order valence-electron chi connectivity index (χ0n) is 11.3. The monoisotopic (exact) mass is 278 g/mol. The molecule has 0 fully saturated rings. The van der Waals surface area contributed by atoms with Crippen LogP contribution >= 0.6 is 0 Å². The van der Waals surface area contributed by atoms with Gasteiger partial charge >= 0.3 is 0 Å². The number of hydrogen-bond acceptors (Lipinski definition) is 3. The van der Waals surface area contributed by atoms with Crippen molar-refractivity contribution in [2.24, 2.45) is 0 Å². The highest BCUT2D eigenvalue weighted by molar-refractivity contribution is 5.36. The summed E-state index contributed by atoms with van der Waals surface area (Å²) in [6.07, 6.45) is 5.79. The van der Waals surface area contributed by atoms with E-state index in [9.17, 15) is 0 Å². The SMILES string of the molecule is CCCc1ncc(C[n+]2ccccc2C)c(N)n1.[Cl-]. The van der Waals surface area contributed by atoms with Crippen LogP contribution in [-0.4, -0.2) is 9.97 Å². The van der Waals surface area contributed by atoms with Gasteiger partial charge in [0.2, 0.25) is 0 Å². The first-order valence-electron chi connectivity index (χ1n) is 6.26. The molecule has 0 amide bonds. The maximum Gasteiger partial charge on any atom is 0.179 e. The molecular weight excluding hydrogens is 260 g/mol. The van der Waals surface area contributed by atoms with Crippen molar-refractivity contribution in [3.63, 3.8) is 0 Å². The minimum atomic E-state index is 0. The minimum absolute atomic E-state index is 0. The molecule has 4 nitrogen and oxygen atoms in total. The van der Waals surface area contributed by atoms with Gasteiger partial charge in [-0.05, 0) is 6.42 Å². The summed E-state index contributed by atoms with van der Waals surface area (Å²) in [5, 5.41) is 0. The molecule has 0 aliphatic carbocycles. The molecule has 0 aliphatic rings. The summed E-state index contributed by atoms with van der Waals surface area (Å²) >= 11 is 0. The molecule has 0 aromatic carbocycles. The molecule has 0 bridgehead atoms. The number of nitrogen functional groups attached to an aromatic ring is 1. The van der Waals surface area contributed by atoms with Crippen LogP contribution in [0.5, 0.6) is 0 Å². The first kappa shape index (κ1) is 15.4. The van der Waals surface area contributed by atoms with E-state index < -0.39 is 0 Å². The Balaban J connectivity index is 0.00000180. The van der Waals surface area contributed by atoms with E-state index in [-0.39, 0.29) is 12.4 Å². The lowest BCUT2D eigenvalue weighted by molar-refractivity contribution is -0.694. The Kier molecular flexibility index (Phi) is 5.70. The molecule has 2 N–H and O–H groups in total. The molecular formula is C14H19ClN4. The van der Waals surface area contributed by atoms with E-state index in [1.54, 1.807) is 0 Å². The summed E-state index contributed by atoms with van der Waals surface area (Å²) in [5.41, 5.74) is 8.14. The average Bonchev–Trinajstić information content (AvgIpc) is 2.35. The van der Waals surface area contributed by atoms with Gasteiger partial charge < -0.3 is 18.1 Å². The summed E-state index contributed by atoms with van der Waals surface area (Å²) in [7, 11) is 0. The molecule has 0 radical (unpaired) electrons. The smallest absolute Gasteiger partial charge is 0.179 e. The van der Waals surface area contributed by atoms with Crippen LogP contribution in [-0.2, 0) is 13.0 Å². The van der Waals surface area contributed by atoms with E-state index >= 15 is 0 Å². The molecule has 0 saturated heterocycles. The molecule has 0 atom stereocenters. The Morgan fingerprint density at radius 1 is 1.32 bits per heavy atom. The lowest BCUT2D eigenvalue weighted by Gasteiger charge is -2.05. The van der Waals surface area contributed by atoms with Crippen LogP contribution in [0.1, 0.15) is 30.4 Å². The highest BCUT2D eigenvalue weighted by Gasteiger charge is 2.11. The summed E-state index contributed by atoms with van der Waals surface area (Å²) < 4.78 is 2.13. The van der Waals surface area contributed by atoms with Gasteiger partial charge in [0, 0.05) is 31.7 Å². The Hall–Kier alpha value is -1.68. The van der Waals surface area contributed by atoms with Crippen LogP contribution in [0.15, 0.2) is 30.6 Å². The minimum Gasteiger partial charge on any atom is -1.00 e. The third-order valence-electron chi connectivity index (χ3n) is 2.93. The Morgan fingerprint density at radius 2 is 2.11 bits per heavy atom. The zero-order chi connectivity index (χ0) is 13.0. The molecule has 2 aromatic heterocycles. The van der Waals surface area contributed by atoms with Crippen molar-refractivity contribution in [2.75, 3.05) is 5.73 Å². The van der Waals surface area contributed by atoms with Gasteiger partial charge in [-0.1, -0.05) is 13.0 Å². The van der Waals surface area contributed by atoms with E-state index in [1.807, 2.05) is 24.5 Å². The molecule has 5 heteroatoms. The number of anilines is 1. The maximum absolute atomic E-state index is 5.99. The first-order valence-corrected chi connectivity index (χ1v) is 6.26. The zero-order valence-corrected chi connectivity index (χ0v) is 12.1. The summed E-state index contributed by atoms with van der Waals surface area (Å²) in [5.74, 6) is 1.41. The molecule has 102 valence electrons. The van der Waals surface area contributed by atoms with E-state index in [1.165, 1.54) is 5.69 Å². The fourth-order valence-corrected chi connectivity index (χ4v) is 1.85. The van der Waals surface area contributed by atoms with Gasteiger partial charge in [0.15, 0.2) is 18.4 Å². The van der Waals surface area contributed by atoms with Gasteiger partial charge in [-0.3, -0.25) is 0 Å². The topological polar surface area (TPSA) is 55.7 Å². The van der Waals surface area contributed by atoms with Crippen LogP contribution in [0.4, 0.5) is 5.82 Å². The molecule has 0 aliphatic heterocycles. The molecule has 2 heterocycles. The van der Waals surface area contributed by atoms with Crippen LogP contribution in [0.2, 0.25) is 0 Å². The predicted molar refractivity (Wildman–Crippen MR) is 70.9 cm³/mol. The number of aryl methyl sites for hydroxylation is 2. The van der Waals surface area contributed by atoms with Gasteiger partial charge in [-0.25, -0.2) is 9.97 Å². The Labute approximate surface area is 120 Å². The Morgan fingerprint density at radius 3 is 2.74 bits per heavy atom. The lowest BCUT2D eigenvalue weighted by atomic mass is 10.2. The van der Waals surface area contributed by atoms with Gasteiger partial charge in [-0.15, -0.1) is 0 Å². The molecule has 2 aromatic rings. The van der Waals surface area contributed by atoms with Crippen molar-refractivity contribution in [2.45, 2.75) is 33.2 Å². The summed E-state index contributed by atoms with van der Waals surface area (Å²) in [6, 6.07) is 6.11. The normalized spacial score (nSPS) is 10.0. The molecule has 2 rings (SSSR count). The van der Waals surface area contributed by atoms with Crippen LogP contribution in [0.25, 0.3) is 0 Å². The predicted octanol–water partition coefficient (Wildman–Crippen LogP) is -1.34. The van der Waals surface area contributed by atoms with Crippen molar-refractivity contribution in [3.05, 3.63) is 47.7 Å². The molecule has 0 saturated carbocycles. The van der Waals surface area contributed by atoms with E-state index in [0.29, 0.717) is 12.4 Å². The van der Waals surface area contributed by atoms with Crippen LogP contribution < -0.4 is 22.7 Å². The fraction of sp³-hybridized carbons (Fsp3) is 0.357. The average molecular weight is 279 g/mol. The lowest BCUT2D eigenvalue weighted by Crippen LogP contribution is -3.00. The Bertz CT molecular complexity index is 543. The van der Waals surface area contributed by atoms with Crippen LogP contribution in [0, 0.1) is 6.92 Å². The highest BCUT2D eigenvalue weighted by atomic mass is 35.5. The molecule has 19 heavy (non-hydrogen) atoms. The fourth-order valence-electron chi connectivity index (χ4n) is 1.85. The summed E-state index contributed by atoms with van der Waals surface area (Å²) in [4.78, 5) is 8.69. The van der Waals surface area contributed by atoms with E-state index in [4.69, 9.17) is 5.73 Å². The third-order valence-corrected chi connectivity index (χ3v) is 2.93. The molecule has 0 unspecified atom stereocenters. The number of nitrogens with zero attached hydrogens (tertiary/aromatic N) is 3. The number of nitrogens with two attached hydrogens (primary N) is 1. The highest BCUT2D eigenvalue weighted by Crippen LogP contribution is 2.08. The third kappa shape index (κ3) is 3.89. The van der Waals surface area contributed by atoms with Crippen LogP contribution in [0.3, 0.4) is 0 Å². The van der Waals surface area contributed by atoms with Crippen molar-refractivity contribution in [1.29, 1.82) is 0 Å². The number of halogens is 1. The van der Waals surface area contributed by atoms with Crippen molar-refractivity contribution in [1.82, 2.24) is 9.97 Å². The second-order valence-corrected chi connectivity index (χ2v) is 4.42. The second kappa shape index (κ2) is 7.04. The number of hydrogen-bond donors (Lipinski definition) is 1. The number of aromatic nitrogens is 3. The van der Waals surface area contributed by atoms with Gasteiger partial charge in [0.1, 0.15) is 11.6 Å². The van der Waals surface area contributed by atoms with Crippen molar-refractivity contribution < 1.29 is 17.0 Å². The van der Waals surface area contributed by atoms with Gasteiger partial charge in [-0.2, -0.15) is 4.57 Å². The van der Waals surface area contributed by atoms with Crippen molar-refractivity contribution >= 4 is 5.82 Å². The summed E-state index contributed by atoms with van der Waals surface area (Å²) in [6.45, 7) is 4.89. The maximum atomic E-state index is 5.99. The van der Waals surface area contributed by atoms with Gasteiger partial charge in [0.25, 0.3) is 0 Å². The standard InChI is InChI=1S/C14H19N4.ClH/c1-3-6-13-16-9-12(14(15)17-13)10-18-8-5-4-7-11(18)2;/h4-5,7-9H,3,6,10H2,1-2H3,(H2,15,16,17);1H/q+1;/p-1.